The van der Waals surface area contributed by atoms with Gasteiger partial charge in [-0.3, -0.25) is 9.78 Å². The largest absolute Gasteiger partial charge is 0.481 e. The van der Waals surface area contributed by atoms with Gasteiger partial charge < -0.3 is 9.84 Å². The molecule has 0 fully saturated rings. The van der Waals surface area contributed by atoms with Crippen molar-refractivity contribution in [3.8, 4) is 11.1 Å². The Balaban J connectivity index is 2.03. The summed E-state index contributed by atoms with van der Waals surface area (Å²) < 4.78 is 5.47. The highest BCUT2D eigenvalue weighted by Crippen LogP contribution is 2.29. The summed E-state index contributed by atoms with van der Waals surface area (Å²) in [4.78, 5) is 15.0. The highest BCUT2D eigenvalue weighted by molar-refractivity contribution is 5.73. The molecule has 102 valence electrons. The zero-order chi connectivity index (χ0) is 13.9. The number of hydrogen-bond acceptors (Lipinski definition) is 3. The van der Waals surface area contributed by atoms with Crippen LogP contribution in [0, 0.1) is 0 Å². The van der Waals surface area contributed by atoms with Crippen molar-refractivity contribution in [3.63, 3.8) is 0 Å². The predicted octanol–water partition coefficient (Wildman–Crippen LogP) is 2.45. The van der Waals surface area contributed by atoms with E-state index < -0.39 is 5.97 Å². The maximum Gasteiger partial charge on any atom is 0.307 e. The Bertz CT molecular complexity index is 652. The molecule has 4 nitrogen and oxygen atoms in total. The third-order valence-electron chi connectivity index (χ3n) is 3.49. The minimum Gasteiger partial charge on any atom is -0.481 e. The number of aliphatic carboxylic acids is 1. The molecule has 0 radical (unpaired) electrons. The van der Waals surface area contributed by atoms with Gasteiger partial charge in [0.05, 0.1) is 19.6 Å². The van der Waals surface area contributed by atoms with Gasteiger partial charge in [0.25, 0.3) is 0 Å². The van der Waals surface area contributed by atoms with Crippen molar-refractivity contribution < 1.29 is 14.6 Å². The van der Waals surface area contributed by atoms with E-state index in [4.69, 9.17) is 9.84 Å². The smallest absolute Gasteiger partial charge is 0.307 e. The van der Waals surface area contributed by atoms with E-state index in [0.717, 1.165) is 29.7 Å². The Morgan fingerprint density at radius 3 is 3.10 bits per heavy atom. The first-order valence-electron chi connectivity index (χ1n) is 6.58. The molecule has 2 heterocycles. The maximum absolute atomic E-state index is 10.8. The fourth-order valence-electron chi connectivity index (χ4n) is 2.60. The van der Waals surface area contributed by atoms with Gasteiger partial charge in [-0.2, -0.15) is 0 Å². The Morgan fingerprint density at radius 1 is 1.35 bits per heavy atom. The SMILES string of the molecule is O=C(O)Cc1cncc(-c2cccc3c2CCOC3)c1. The van der Waals surface area contributed by atoms with E-state index in [2.05, 4.69) is 17.1 Å². The van der Waals surface area contributed by atoms with Crippen molar-refractivity contribution in [3.05, 3.63) is 53.3 Å². The van der Waals surface area contributed by atoms with Gasteiger partial charge in [-0.15, -0.1) is 0 Å². The van der Waals surface area contributed by atoms with Crippen molar-refractivity contribution in [1.29, 1.82) is 0 Å². The van der Waals surface area contributed by atoms with Crippen molar-refractivity contribution in [2.24, 2.45) is 0 Å². The first-order chi connectivity index (χ1) is 9.74. The second-order valence-electron chi connectivity index (χ2n) is 4.90. The summed E-state index contributed by atoms with van der Waals surface area (Å²) in [5.74, 6) is -0.840. The minimum atomic E-state index is -0.840. The highest BCUT2D eigenvalue weighted by atomic mass is 16.5. The van der Waals surface area contributed by atoms with Gasteiger partial charge in [0.1, 0.15) is 0 Å². The van der Waals surface area contributed by atoms with Gasteiger partial charge in [0, 0.05) is 18.0 Å². The van der Waals surface area contributed by atoms with E-state index in [1.54, 1.807) is 12.4 Å². The highest BCUT2D eigenvalue weighted by Gasteiger charge is 2.14. The molecule has 1 aromatic carbocycles. The number of ether oxygens (including phenoxy) is 1. The number of carboxylic acid groups (broad SMARTS) is 1. The molecule has 0 spiro atoms. The molecule has 0 bridgehead atoms. The topological polar surface area (TPSA) is 59.4 Å². The summed E-state index contributed by atoms with van der Waals surface area (Å²) in [6, 6.07) is 8.05. The molecule has 1 N–H and O–H groups in total. The van der Waals surface area contributed by atoms with Crippen molar-refractivity contribution >= 4 is 5.97 Å². The summed E-state index contributed by atoms with van der Waals surface area (Å²) in [7, 11) is 0. The standard InChI is InChI=1S/C16H15NO3/c18-16(19)7-11-6-13(9-17-8-11)14-3-1-2-12-10-20-5-4-15(12)14/h1-3,6,8-9H,4-5,7,10H2,(H,18,19). The third-order valence-corrected chi connectivity index (χ3v) is 3.49. The van der Waals surface area contributed by atoms with Crippen LogP contribution < -0.4 is 0 Å². The lowest BCUT2D eigenvalue weighted by molar-refractivity contribution is -0.136. The molecule has 0 saturated carbocycles. The van der Waals surface area contributed by atoms with E-state index in [9.17, 15) is 4.79 Å². The number of aromatic nitrogens is 1. The molecule has 0 amide bonds. The molecule has 0 atom stereocenters. The Morgan fingerprint density at radius 2 is 2.25 bits per heavy atom. The lowest BCUT2D eigenvalue weighted by atomic mass is 9.93. The molecule has 2 aromatic rings. The number of pyridine rings is 1. The molecular weight excluding hydrogens is 254 g/mol. The van der Waals surface area contributed by atoms with Crippen LogP contribution in [0.2, 0.25) is 0 Å². The Hall–Kier alpha value is -2.20. The Kier molecular flexibility index (Phi) is 3.48. The second-order valence-corrected chi connectivity index (χ2v) is 4.90. The lowest BCUT2D eigenvalue weighted by Crippen LogP contribution is -2.11. The van der Waals surface area contributed by atoms with E-state index in [-0.39, 0.29) is 6.42 Å². The number of carboxylic acids is 1. The van der Waals surface area contributed by atoms with Crippen LogP contribution in [0.15, 0.2) is 36.7 Å². The van der Waals surface area contributed by atoms with Crippen LogP contribution in [-0.4, -0.2) is 22.7 Å². The summed E-state index contributed by atoms with van der Waals surface area (Å²) >= 11 is 0. The average molecular weight is 269 g/mol. The number of rotatable bonds is 3. The fourth-order valence-corrected chi connectivity index (χ4v) is 2.60. The van der Waals surface area contributed by atoms with Crippen LogP contribution in [-0.2, 0) is 29.0 Å². The first kappa shape index (κ1) is 12.8. The van der Waals surface area contributed by atoms with Crippen molar-refractivity contribution in [2.75, 3.05) is 6.61 Å². The van der Waals surface area contributed by atoms with E-state index >= 15 is 0 Å². The zero-order valence-corrected chi connectivity index (χ0v) is 11.0. The summed E-state index contributed by atoms with van der Waals surface area (Å²) in [6.07, 6.45) is 4.28. The van der Waals surface area contributed by atoms with Gasteiger partial charge >= 0.3 is 5.97 Å². The molecule has 20 heavy (non-hydrogen) atoms. The molecule has 1 aliphatic heterocycles. The number of nitrogens with zero attached hydrogens (tertiary/aromatic N) is 1. The Labute approximate surface area is 117 Å². The van der Waals surface area contributed by atoms with Crippen LogP contribution in [0.25, 0.3) is 11.1 Å². The van der Waals surface area contributed by atoms with Crippen LogP contribution in [0.5, 0.6) is 0 Å². The van der Waals surface area contributed by atoms with E-state index in [0.29, 0.717) is 6.61 Å². The molecule has 1 aliphatic rings. The lowest BCUT2D eigenvalue weighted by Gasteiger charge is -2.20. The second kappa shape index (κ2) is 5.43. The molecule has 4 heteroatoms. The minimum absolute atomic E-state index is 0.00102. The zero-order valence-electron chi connectivity index (χ0n) is 11.0. The van der Waals surface area contributed by atoms with Crippen molar-refractivity contribution in [2.45, 2.75) is 19.4 Å². The monoisotopic (exact) mass is 269 g/mol. The van der Waals surface area contributed by atoms with E-state index in [1.807, 2.05) is 12.1 Å². The number of benzene rings is 1. The van der Waals surface area contributed by atoms with Gasteiger partial charge in [-0.05, 0) is 34.7 Å². The predicted molar refractivity (Wildman–Crippen MR) is 74.4 cm³/mol. The van der Waals surface area contributed by atoms with E-state index in [1.165, 1.54) is 11.1 Å². The van der Waals surface area contributed by atoms with Gasteiger partial charge in [-0.1, -0.05) is 18.2 Å². The number of hydrogen-bond donors (Lipinski definition) is 1. The molecule has 3 rings (SSSR count). The van der Waals surface area contributed by atoms with Crippen LogP contribution in [0.4, 0.5) is 0 Å². The van der Waals surface area contributed by atoms with Gasteiger partial charge in [0.15, 0.2) is 0 Å². The van der Waals surface area contributed by atoms with Crippen molar-refractivity contribution in [1.82, 2.24) is 4.98 Å². The summed E-state index contributed by atoms with van der Waals surface area (Å²) in [5.41, 5.74) is 5.32. The molecule has 0 unspecified atom stereocenters. The summed E-state index contributed by atoms with van der Waals surface area (Å²) in [6.45, 7) is 1.37. The number of carbonyl (C=O) groups is 1. The fraction of sp³-hybridized carbons (Fsp3) is 0.250. The van der Waals surface area contributed by atoms with Gasteiger partial charge in [-0.25, -0.2) is 0 Å². The quantitative estimate of drug-likeness (QED) is 0.929. The van der Waals surface area contributed by atoms with Gasteiger partial charge in [0.2, 0.25) is 0 Å². The molecule has 0 aliphatic carbocycles. The molecule has 1 aromatic heterocycles. The summed E-state index contributed by atoms with van der Waals surface area (Å²) in [5, 5.41) is 8.88. The number of fused-ring (bicyclic) bond motifs is 1. The third kappa shape index (κ3) is 2.56. The molecular formula is C16H15NO3. The maximum atomic E-state index is 10.8. The van der Waals surface area contributed by atoms with Crippen LogP contribution >= 0.6 is 0 Å². The first-order valence-corrected chi connectivity index (χ1v) is 6.58. The van der Waals surface area contributed by atoms with Crippen LogP contribution in [0.3, 0.4) is 0 Å². The van der Waals surface area contributed by atoms with Crippen LogP contribution in [0.1, 0.15) is 16.7 Å². The molecule has 0 saturated heterocycles. The average Bonchev–Trinajstić information content (AvgIpc) is 2.46. The normalized spacial score (nSPS) is 13.8.